The Balaban J connectivity index is 1.60. The largest absolute Gasteiger partial charge is 0.481 e. The van der Waals surface area contributed by atoms with Gasteiger partial charge < -0.3 is 9.63 Å². The molecule has 2 aromatic rings. The van der Waals surface area contributed by atoms with Crippen molar-refractivity contribution in [2.24, 2.45) is 5.92 Å². The predicted molar refractivity (Wildman–Crippen MR) is 73.2 cm³/mol. The van der Waals surface area contributed by atoms with E-state index in [-0.39, 0.29) is 5.92 Å². The first-order valence-corrected chi connectivity index (χ1v) is 6.90. The number of carboxylic acids is 1. The maximum atomic E-state index is 10.9. The number of aromatic nitrogens is 3. The van der Waals surface area contributed by atoms with Crippen LogP contribution >= 0.6 is 0 Å². The Morgan fingerprint density at radius 2 is 2.05 bits per heavy atom. The second-order valence-electron chi connectivity index (χ2n) is 5.14. The van der Waals surface area contributed by atoms with Crippen LogP contribution in [0.3, 0.4) is 0 Å². The van der Waals surface area contributed by atoms with E-state index in [1.165, 1.54) is 0 Å². The smallest absolute Gasteiger partial charge is 0.306 e. The van der Waals surface area contributed by atoms with E-state index in [9.17, 15) is 4.79 Å². The summed E-state index contributed by atoms with van der Waals surface area (Å²) in [7, 11) is 0. The van der Waals surface area contributed by atoms with E-state index in [2.05, 4.69) is 20.0 Å². The molecule has 0 atom stereocenters. The van der Waals surface area contributed by atoms with E-state index in [1.807, 2.05) is 12.1 Å². The third-order valence-corrected chi connectivity index (χ3v) is 3.70. The number of aliphatic carboxylic acids is 1. The number of rotatable bonds is 4. The van der Waals surface area contributed by atoms with Crippen molar-refractivity contribution in [2.45, 2.75) is 19.4 Å². The molecule has 0 spiro atoms. The Morgan fingerprint density at radius 3 is 2.71 bits per heavy atom. The molecule has 1 aliphatic heterocycles. The van der Waals surface area contributed by atoms with Gasteiger partial charge in [0.25, 0.3) is 0 Å². The van der Waals surface area contributed by atoms with Crippen LogP contribution in [0.15, 0.2) is 29.0 Å². The van der Waals surface area contributed by atoms with Gasteiger partial charge in [-0.05, 0) is 38.1 Å². The lowest BCUT2D eigenvalue weighted by atomic mass is 9.97. The quantitative estimate of drug-likeness (QED) is 0.909. The summed E-state index contributed by atoms with van der Waals surface area (Å²) in [5, 5.41) is 12.9. The van der Waals surface area contributed by atoms with Gasteiger partial charge in [-0.1, -0.05) is 5.16 Å². The molecule has 0 aromatic carbocycles. The Hall–Kier alpha value is -2.28. The summed E-state index contributed by atoms with van der Waals surface area (Å²) < 4.78 is 5.26. The minimum absolute atomic E-state index is 0.226. The molecule has 110 valence electrons. The highest BCUT2D eigenvalue weighted by Gasteiger charge is 2.25. The maximum Gasteiger partial charge on any atom is 0.306 e. The summed E-state index contributed by atoms with van der Waals surface area (Å²) in [4.78, 5) is 21.4. The van der Waals surface area contributed by atoms with Crippen LogP contribution in [0.5, 0.6) is 0 Å². The first kappa shape index (κ1) is 13.7. The summed E-state index contributed by atoms with van der Waals surface area (Å²) in [6.45, 7) is 2.04. The zero-order chi connectivity index (χ0) is 14.7. The monoisotopic (exact) mass is 288 g/mol. The van der Waals surface area contributed by atoms with Crippen molar-refractivity contribution in [3.63, 3.8) is 0 Å². The second kappa shape index (κ2) is 6.01. The highest BCUT2D eigenvalue weighted by Crippen LogP contribution is 2.20. The van der Waals surface area contributed by atoms with Crippen LogP contribution in [-0.4, -0.2) is 44.2 Å². The van der Waals surface area contributed by atoms with Crippen LogP contribution in [0, 0.1) is 5.92 Å². The highest BCUT2D eigenvalue weighted by molar-refractivity contribution is 5.70. The fourth-order valence-corrected chi connectivity index (χ4v) is 2.47. The van der Waals surface area contributed by atoms with Gasteiger partial charge in [-0.15, -0.1) is 0 Å². The Kier molecular flexibility index (Phi) is 3.92. The molecule has 7 nitrogen and oxygen atoms in total. The van der Waals surface area contributed by atoms with Crippen molar-refractivity contribution in [3.8, 4) is 11.4 Å². The van der Waals surface area contributed by atoms with Crippen molar-refractivity contribution in [2.75, 3.05) is 13.1 Å². The molecule has 3 heterocycles. The molecule has 1 fully saturated rings. The molecule has 1 N–H and O–H groups in total. The second-order valence-corrected chi connectivity index (χ2v) is 5.14. The minimum Gasteiger partial charge on any atom is -0.481 e. The van der Waals surface area contributed by atoms with Crippen LogP contribution in [0.1, 0.15) is 18.7 Å². The molecule has 7 heteroatoms. The van der Waals surface area contributed by atoms with Crippen LogP contribution in [0.25, 0.3) is 11.4 Å². The molecule has 21 heavy (non-hydrogen) atoms. The molecule has 1 saturated heterocycles. The molecule has 0 aliphatic carbocycles. The molecular formula is C14H16N4O3. The molecule has 0 bridgehead atoms. The van der Waals surface area contributed by atoms with Gasteiger partial charge in [0.05, 0.1) is 12.5 Å². The van der Waals surface area contributed by atoms with Gasteiger partial charge in [-0.2, -0.15) is 4.98 Å². The van der Waals surface area contributed by atoms with E-state index < -0.39 is 5.97 Å². The van der Waals surface area contributed by atoms with Crippen molar-refractivity contribution in [1.82, 2.24) is 20.0 Å². The van der Waals surface area contributed by atoms with E-state index in [0.29, 0.717) is 31.1 Å². The average Bonchev–Trinajstić information content (AvgIpc) is 2.97. The molecule has 0 unspecified atom stereocenters. The first-order chi connectivity index (χ1) is 10.2. The van der Waals surface area contributed by atoms with Crippen LogP contribution in [0.4, 0.5) is 0 Å². The standard InChI is InChI=1S/C14H16N4O3/c19-14(20)11-3-7-18(8-4-11)9-12-16-13(17-21-12)10-1-5-15-6-2-10/h1-2,5-6,11H,3-4,7-9H2,(H,19,20). The van der Waals surface area contributed by atoms with Gasteiger partial charge >= 0.3 is 5.97 Å². The summed E-state index contributed by atoms with van der Waals surface area (Å²) in [6.07, 6.45) is 4.70. The summed E-state index contributed by atoms with van der Waals surface area (Å²) in [5.41, 5.74) is 0.865. The molecule has 0 amide bonds. The van der Waals surface area contributed by atoms with Crippen molar-refractivity contribution >= 4 is 5.97 Å². The molecule has 0 radical (unpaired) electrons. The van der Waals surface area contributed by atoms with E-state index >= 15 is 0 Å². The van der Waals surface area contributed by atoms with Gasteiger partial charge in [0.15, 0.2) is 0 Å². The number of likely N-dealkylation sites (tertiary alicyclic amines) is 1. The lowest BCUT2D eigenvalue weighted by Crippen LogP contribution is -2.35. The SMILES string of the molecule is O=C(O)C1CCN(Cc2nc(-c3ccncc3)no2)CC1. The van der Waals surface area contributed by atoms with Crippen molar-refractivity contribution in [1.29, 1.82) is 0 Å². The topological polar surface area (TPSA) is 92.3 Å². The van der Waals surface area contributed by atoms with Gasteiger partial charge in [0.2, 0.25) is 11.7 Å². The summed E-state index contributed by atoms with van der Waals surface area (Å²) in [5.74, 6) is 0.173. The third kappa shape index (κ3) is 3.25. The van der Waals surface area contributed by atoms with Crippen molar-refractivity contribution < 1.29 is 14.4 Å². The number of carboxylic acid groups (broad SMARTS) is 1. The Morgan fingerprint density at radius 1 is 1.33 bits per heavy atom. The molecule has 1 aliphatic rings. The predicted octanol–water partition coefficient (Wildman–Crippen LogP) is 1.43. The zero-order valence-corrected chi connectivity index (χ0v) is 11.5. The average molecular weight is 288 g/mol. The van der Waals surface area contributed by atoms with E-state index in [1.54, 1.807) is 12.4 Å². The third-order valence-electron chi connectivity index (χ3n) is 3.70. The summed E-state index contributed by atoms with van der Waals surface area (Å²) >= 11 is 0. The number of piperidine rings is 1. The molecule has 2 aromatic heterocycles. The van der Waals surface area contributed by atoms with Crippen LogP contribution in [0.2, 0.25) is 0 Å². The lowest BCUT2D eigenvalue weighted by molar-refractivity contribution is -0.143. The van der Waals surface area contributed by atoms with Gasteiger partial charge in [-0.25, -0.2) is 0 Å². The fraction of sp³-hybridized carbons (Fsp3) is 0.429. The van der Waals surface area contributed by atoms with Gasteiger partial charge in [0.1, 0.15) is 0 Å². The van der Waals surface area contributed by atoms with Crippen molar-refractivity contribution in [3.05, 3.63) is 30.4 Å². The number of carbonyl (C=O) groups is 1. The highest BCUT2D eigenvalue weighted by atomic mass is 16.5. The minimum atomic E-state index is -0.701. The molecule has 0 saturated carbocycles. The number of pyridine rings is 1. The summed E-state index contributed by atoms with van der Waals surface area (Å²) in [6, 6.07) is 3.65. The Labute approximate surface area is 121 Å². The molecular weight excluding hydrogens is 272 g/mol. The van der Waals surface area contributed by atoms with E-state index in [0.717, 1.165) is 18.7 Å². The van der Waals surface area contributed by atoms with Crippen LogP contribution in [-0.2, 0) is 11.3 Å². The Bertz CT molecular complexity index is 606. The lowest BCUT2D eigenvalue weighted by Gasteiger charge is -2.28. The van der Waals surface area contributed by atoms with E-state index in [4.69, 9.17) is 9.63 Å². The fourth-order valence-electron chi connectivity index (χ4n) is 2.47. The van der Waals surface area contributed by atoms with Crippen LogP contribution < -0.4 is 0 Å². The normalized spacial score (nSPS) is 17.0. The van der Waals surface area contributed by atoms with Gasteiger partial charge in [-0.3, -0.25) is 14.7 Å². The molecule has 3 rings (SSSR count). The number of hydrogen-bond donors (Lipinski definition) is 1. The zero-order valence-electron chi connectivity index (χ0n) is 11.5. The number of nitrogens with zero attached hydrogens (tertiary/aromatic N) is 4. The first-order valence-electron chi connectivity index (χ1n) is 6.90. The number of hydrogen-bond acceptors (Lipinski definition) is 6. The maximum absolute atomic E-state index is 10.9. The van der Waals surface area contributed by atoms with Gasteiger partial charge in [0, 0.05) is 18.0 Å².